The van der Waals surface area contributed by atoms with Gasteiger partial charge in [0.25, 0.3) is 0 Å². The summed E-state index contributed by atoms with van der Waals surface area (Å²) < 4.78 is 5.31. The highest BCUT2D eigenvalue weighted by atomic mass is 16.5. The lowest BCUT2D eigenvalue weighted by molar-refractivity contribution is 0.0435. The molecule has 16 heavy (non-hydrogen) atoms. The fraction of sp³-hybridized carbons (Fsp3) is 0.615. The summed E-state index contributed by atoms with van der Waals surface area (Å²) in [6.07, 6.45) is 4.39. The lowest BCUT2D eigenvalue weighted by Crippen LogP contribution is -2.18. The van der Waals surface area contributed by atoms with Crippen LogP contribution < -0.4 is 0 Å². The number of aliphatic hydroxyl groups is 1. The molecule has 1 aromatic heterocycles. The average molecular weight is 221 g/mol. The number of aryl methyl sites for hydroxylation is 1. The van der Waals surface area contributed by atoms with Gasteiger partial charge in [-0.05, 0) is 49.8 Å². The van der Waals surface area contributed by atoms with Gasteiger partial charge in [0, 0.05) is 25.1 Å². The van der Waals surface area contributed by atoms with Crippen molar-refractivity contribution in [1.29, 1.82) is 0 Å². The van der Waals surface area contributed by atoms with Gasteiger partial charge in [-0.3, -0.25) is 4.98 Å². The van der Waals surface area contributed by atoms with Crippen molar-refractivity contribution in [3.05, 3.63) is 29.6 Å². The summed E-state index contributed by atoms with van der Waals surface area (Å²) in [7, 11) is 0. The molecule has 0 radical (unpaired) electrons. The van der Waals surface area contributed by atoms with Crippen LogP contribution in [-0.4, -0.2) is 23.3 Å². The van der Waals surface area contributed by atoms with Crippen LogP contribution in [0.5, 0.6) is 0 Å². The van der Waals surface area contributed by atoms with E-state index < -0.39 is 0 Å². The number of aliphatic hydroxyl groups excluding tert-OH is 1. The highest BCUT2D eigenvalue weighted by molar-refractivity contribution is 5.17. The molecule has 1 fully saturated rings. The molecule has 0 aliphatic carbocycles. The van der Waals surface area contributed by atoms with Gasteiger partial charge in [-0.25, -0.2) is 0 Å². The number of aromatic nitrogens is 1. The summed E-state index contributed by atoms with van der Waals surface area (Å²) >= 11 is 0. The topological polar surface area (TPSA) is 42.4 Å². The quantitative estimate of drug-likeness (QED) is 0.851. The van der Waals surface area contributed by atoms with Gasteiger partial charge in [-0.15, -0.1) is 0 Å². The van der Waals surface area contributed by atoms with Crippen LogP contribution in [0, 0.1) is 12.8 Å². The molecule has 2 heterocycles. The molecule has 1 N–H and O–H groups in total. The van der Waals surface area contributed by atoms with Crippen LogP contribution in [0.4, 0.5) is 0 Å². The zero-order chi connectivity index (χ0) is 11.4. The predicted octanol–water partition coefficient (Wildman–Crippen LogP) is 2.24. The van der Waals surface area contributed by atoms with Crippen LogP contribution in [0.15, 0.2) is 18.3 Å². The van der Waals surface area contributed by atoms with Gasteiger partial charge < -0.3 is 9.84 Å². The van der Waals surface area contributed by atoms with E-state index in [1.807, 2.05) is 19.1 Å². The number of ether oxygens (including phenoxy) is 1. The SMILES string of the molecule is Cc1cc(C(O)CC2CCOCC2)ccn1. The molecule has 0 spiro atoms. The molecule has 88 valence electrons. The first-order chi connectivity index (χ1) is 7.75. The van der Waals surface area contributed by atoms with Crippen LogP contribution in [0.2, 0.25) is 0 Å². The molecule has 3 heteroatoms. The fourth-order valence-electron chi connectivity index (χ4n) is 2.21. The second-order valence-corrected chi connectivity index (χ2v) is 4.54. The van der Waals surface area contributed by atoms with Gasteiger partial charge in [0.15, 0.2) is 0 Å². The minimum absolute atomic E-state index is 0.357. The molecule has 1 aromatic rings. The van der Waals surface area contributed by atoms with E-state index in [0.717, 1.165) is 43.7 Å². The minimum Gasteiger partial charge on any atom is -0.388 e. The Morgan fingerprint density at radius 2 is 2.25 bits per heavy atom. The number of hydrogen-bond acceptors (Lipinski definition) is 3. The molecule has 0 aromatic carbocycles. The summed E-state index contributed by atoms with van der Waals surface area (Å²) in [5, 5.41) is 10.1. The maximum atomic E-state index is 10.1. The van der Waals surface area contributed by atoms with E-state index in [1.165, 1.54) is 0 Å². The second-order valence-electron chi connectivity index (χ2n) is 4.54. The van der Waals surface area contributed by atoms with E-state index in [4.69, 9.17) is 4.74 Å². The van der Waals surface area contributed by atoms with Crippen molar-refractivity contribution in [2.24, 2.45) is 5.92 Å². The first-order valence-corrected chi connectivity index (χ1v) is 5.94. The van der Waals surface area contributed by atoms with Crippen LogP contribution >= 0.6 is 0 Å². The Morgan fingerprint density at radius 1 is 1.50 bits per heavy atom. The fourth-order valence-corrected chi connectivity index (χ4v) is 2.21. The van der Waals surface area contributed by atoms with Crippen molar-refractivity contribution in [1.82, 2.24) is 4.98 Å². The summed E-state index contributed by atoms with van der Waals surface area (Å²) in [5.74, 6) is 0.595. The molecule has 1 saturated heterocycles. The molecular formula is C13H19NO2. The van der Waals surface area contributed by atoms with E-state index in [9.17, 15) is 5.11 Å². The molecule has 0 bridgehead atoms. The van der Waals surface area contributed by atoms with Crippen molar-refractivity contribution in [2.45, 2.75) is 32.3 Å². The van der Waals surface area contributed by atoms with Crippen LogP contribution in [0.25, 0.3) is 0 Å². The number of rotatable bonds is 3. The van der Waals surface area contributed by atoms with Gasteiger partial charge in [-0.2, -0.15) is 0 Å². The molecule has 2 rings (SSSR count). The van der Waals surface area contributed by atoms with E-state index >= 15 is 0 Å². The first kappa shape index (κ1) is 11.6. The third kappa shape index (κ3) is 3.03. The molecule has 1 unspecified atom stereocenters. The van der Waals surface area contributed by atoms with Gasteiger partial charge in [-0.1, -0.05) is 0 Å². The third-order valence-electron chi connectivity index (χ3n) is 3.20. The van der Waals surface area contributed by atoms with Gasteiger partial charge in [0.1, 0.15) is 0 Å². The van der Waals surface area contributed by atoms with Crippen molar-refractivity contribution < 1.29 is 9.84 Å². The Kier molecular flexibility index (Phi) is 3.91. The monoisotopic (exact) mass is 221 g/mol. The molecule has 0 amide bonds. The standard InChI is InChI=1S/C13H19NO2/c1-10-8-12(2-5-14-10)13(15)9-11-3-6-16-7-4-11/h2,5,8,11,13,15H,3-4,6-7,9H2,1H3. The summed E-state index contributed by atoms with van der Waals surface area (Å²) in [5.41, 5.74) is 1.95. The smallest absolute Gasteiger partial charge is 0.0793 e. The highest BCUT2D eigenvalue weighted by Gasteiger charge is 2.18. The average Bonchev–Trinajstić information content (AvgIpc) is 2.30. The van der Waals surface area contributed by atoms with E-state index in [1.54, 1.807) is 6.20 Å². The lowest BCUT2D eigenvalue weighted by Gasteiger charge is -2.24. The first-order valence-electron chi connectivity index (χ1n) is 5.94. The number of pyridine rings is 1. The lowest BCUT2D eigenvalue weighted by atomic mass is 9.91. The van der Waals surface area contributed by atoms with Crippen LogP contribution in [-0.2, 0) is 4.74 Å². The minimum atomic E-state index is -0.357. The molecule has 1 aliphatic rings. The number of hydrogen-bond donors (Lipinski definition) is 1. The van der Waals surface area contributed by atoms with Crippen LogP contribution in [0.1, 0.15) is 36.6 Å². The van der Waals surface area contributed by atoms with Gasteiger partial charge in [0.05, 0.1) is 6.10 Å². The van der Waals surface area contributed by atoms with E-state index in [2.05, 4.69) is 4.98 Å². The highest BCUT2D eigenvalue weighted by Crippen LogP contribution is 2.27. The maximum Gasteiger partial charge on any atom is 0.0793 e. The largest absolute Gasteiger partial charge is 0.388 e. The van der Waals surface area contributed by atoms with Gasteiger partial charge in [0.2, 0.25) is 0 Å². The summed E-state index contributed by atoms with van der Waals surface area (Å²) in [6, 6.07) is 3.86. The number of nitrogens with zero attached hydrogens (tertiary/aromatic N) is 1. The summed E-state index contributed by atoms with van der Waals surface area (Å²) in [4.78, 5) is 4.14. The van der Waals surface area contributed by atoms with Crippen molar-refractivity contribution in [3.63, 3.8) is 0 Å². The zero-order valence-corrected chi connectivity index (χ0v) is 9.72. The summed E-state index contributed by atoms with van der Waals surface area (Å²) in [6.45, 7) is 3.63. The Bertz CT molecular complexity index is 334. The maximum absolute atomic E-state index is 10.1. The molecular weight excluding hydrogens is 202 g/mol. The molecule has 1 atom stereocenters. The Morgan fingerprint density at radius 3 is 2.94 bits per heavy atom. The Hall–Kier alpha value is -0.930. The van der Waals surface area contributed by atoms with Crippen molar-refractivity contribution in [3.8, 4) is 0 Å². The van der Waals surface area contributed by atoms with Crippen molar-refractivity contribution >= 4 is 0 Å². The van der Waals surface area contributed by atoms with E-state index in [0.29, 0.717) is 5.92 Å². The molecule has 3 nitrogen and oxygen atoms in total. The van der Waals surface area contributed by atoms with E-state index in [-0.39, 0.29) is 6.10 Å². The third-order valence-corrected chi connectivity index (χ3v) is 3.20. The van der Waals surface area contributed by atoms with Gasteiger partial charge >= 0.3 is 0 Å². The predicted molar refractivity (Wildman–Crippen MR) is 62.1 cm³/mol. The molecule has 1 aliphatic heterocycles. The van der Waals surface area contributed by atoms with Crippen molar-refractivity contribution in [2.75, 3.05) is 13.2 Å². The molecule has 0 saturated carbocycles. The normalized spacial score (nSPS) is 19.6. The zero-order valence-electron chi connectivity index (χ0n) is 9.72. The Balaban J connectivity index is 1.94. The Labute approximate surface area is 96.5 Å². The second kappa shape index (κ2) is 5.41. The van der Waals surface area contributed by atoms with Crippen LogP contribution in [0.3, 0.4) is 0 Å².